The average molecular weight is 263 g/mol. The number of ketones is 1. The molecule has 0 aromatic heterocycles. The molecule has 14 heavy (non-hydrogen) atoms. The van der Waals surface area contributed by atoms with Crippen molar-refractivity contribution in [3.8, 4) is 0 Å². The van der Waals surface area contributed by atoms with Crippen LogP contribution in [0.3, 0.4) is 0 Å². The third-order valence-electron chi connectivity index (χ3n) is 2.45. The van der Waals surface area contributed by atoms with Crippen molar-refractivity contribution in [3.63, 3.8) is 0 Å². The molecule has 1 aliphatic carbocycles. The van der Waals surface area contributed by atoms with Crippen LogP contribution in [0, 0.1) is 5.92 Å². The zero-order valence-corrected chi connectivity index (χ0v) is 9.88. The first-order chi connectivity index (χ1) is 6.63. The maximum Gasteiger partial charge on any atom is 0.306 e. The van der Waals surface area contributed by atoms with Gasteiger partial charge in [-0.15, -0.1) is 0 Å². The molecule has 0 amide bonds. The third kappa shape index (κ3) is 3.40. The standard InChI is InChI=1S/C10H15BrO3/c1-2-14-10(13)6-7-3-4-9(12)8(11)5-7/h7-8H,2-6H2,1H3. The van der Waals surface area contributed by atoms with Crippen LogP contribution in [-0.4, -0.2) is 23.2 Å². The van der Waals surface area contributed by atoms with Gasteiger partial charge >= 0.3 is 5.97 Å². The molecule has 4 heteroatoms. The van der Waals surface area contributed by atoms with Gasteiger partial charge < -0.3 is 4.74 Å². The molecule has 0 radical (unpaired) electrons. The van der Waals surface area contributed by atoms with E-state index in [-0.39, 0.29) is 16.6 Å². The summed E-state index contributed by atoms with van der Waals surface area (Å²) in [6, 6.07) is 0. The molecule has 0 saturated heterocycles. The van der Waals surface area contributed by atoms with Gasteiger partial charge in [-0.3, -0.25) is 9.59 Å². The van der Waals surface area contributed by atoms with E-state index >= 15 is 0 Å². The lowest BCUT2D eigenvalue weighted by molar-refractivity contribution is -0.144. The molecule has 1 rings (SSSR count). The fourth-order valence-corrected chi connectivity index (χ4v) is 2.44. The minimum atomic E-state index is -0.147. The van der Waals surface area contributed by atoms with Gasteiger partial charge in [0.25, 0.3) is 0 Å². The van der Waals surface area contributed by atoms with Crippen LogP contribution in [0.2, 0.25) is 0 Å². The molecule has 1 saturated carbocycles. The van der Waals surface area contributed by atoms with E-state index in [9.17, 15) is 9.59 Å². The minimum Gasteiger partial charge on any atom is -0.466 e. The van der Waals surface area contributed by atoms with Crippen LogP contribution in [0.1, 0.15) is 32.6 Å². The highest BCUT2D eigenvalue weighted by Gasteiger charge is 2.28. The normalized spacial score (nSPS) is 27.4. The second-order valence-electron chi connectivity index (χ2n) is 3.58. The van der Waals surface area contributed by atoms with Crippen LogP contribution < -0.4 is 0 Å². The van der Waals surface area contributed by atoms with Crippen LogP contribution in [-0.2, 0) is 14.3 Å². The van der Waals surface area contributed by atoms with Gasteiger partial charge in [0.05, 0.1) is 11.4 Å². The predicted molar refractivity (Wildman–Crippen MR) is 56.3 cm³/mol. The Morgan fingerprint density at radius 1 is 1.64 bits per heavy atom. The molecule has 0 heterocycles. The average Bonchev–Trinajstić information content (AvgIpc) is 2.12. The van der Waals surface area contributed by atoms with Crippen LogP contribution in [0.5, 0.6) is 0 Å². The van der Waals surface area contributed by atoms with E-state index in [1.165, 1.54) is 0 Å². The van der Waals surface area contributed by atoms with Crippen molar-refractivity contribution < 1.29 is 14.3 Å². The third-order valence-corrected chi connectivity index (χ3v) is 3.33. The van der Waals surface area contributed by atoms with Gasteiger partial charge in [0, 0.05) is 12.8 Å². The number of hydrogen-bond acceptors (Lipinski definition) is 3. The van der Waals surface area contributed by atoms with Crippen molar-refractivity contribution in [1.29, 1.82) is 0 Å². The van der Waals surface area contributed by atoms with Crippen molar-refractivity contribution >= 4 is 27.7 Å². The molecular formula is C10H15BrO3. The summed E-state index contributed by atoms with van der Waals surface area (Å²) in [5, 5.41) is 0. The smallest absolute Gasteiger partial charge is 0.306 e. The van der Waals surface area contributed by atoms with Gasteiger partial charge in [-0.05, 0) is 25.7 Å². The summed E-state index contributed by atoms with van der Waals surface area (Å²) in [5.74, 6) is 0.410. The second kappa shape index (κ2) is 5.49. The molecule has 2 atom stereocenters. The molecule has 1 fully saturated rings. The first-order valence-corrected chi connectivity index (χ1v) is 5.87. The fourth-order valence-electron chi connectivity index (χ4n) is 1.69. The number of carbonyl (C=O) groups is 2. The van der Waals surface area contributed by atoms with Gasteiger partial charge in [0.1, 0.15) is 5.78 Å². The summed E-state index contributed by atoms with van der Waals surface area (Å²) in [6.07, 6.45) is 2.61. The van der Waals surface area contributed by atoms with Crippen LogP contribution in [0.15, 0.2) is 0 Å². The molecule has 0 bridgehead atoms. The Kier molecular flexibility index (Phi) is 4.58. The molecule has 3 nitrogen and oxygen atoms in total. The number of rotatable bonds is 3. The molecule has 0 aromatic rings. The number of ether oxygens (including phenoxy) is 1. The summed E-state index contributed by atoms with van der Waals surface area (Å²) < 4.78 is 4.87. The summed E-state index contributed by atoms with van der Waals surface area (Å²) >= 11 is 3.32. The van der Waals surface area contributed by atoms with Crippen molar-refractivity contribution in [2.45, 2.75) is 37.4 Å². The Balaban J connectivity index is 2.32. The van der Waals surface area contributed by atoms with Crippen molar-refractivity contribution in [2.24, 2.45) is 5.92 Å². The first-order valence-electron chi connectivity index (χ1n) is 4.96. The Morgan fingerprint density at radius 3 is 2.93 bits per heavy atom. The summed E-state index contributed by atoms with van der Waals surface area (Å²) in [5.41, 5.74) is 0. The number of Topliss-reactive ketones (excluding diaryl/α,β-unsaturated/α-hetero) is 1. The lowest BCUT2D eigenvalue weighted by Crippen LogP contribution is -2.26. The topological polar surface area (TPSA) is 43.4 Å². The number of alkyl halides is 1. The van der Waals surface area contributed by atoms with Crippen molar-refractivity contribution in [3.05, 3.63) is 0 Å². The first kappa shape index (κ1) is 11.7. The van der Waals surface area contributed by atoms with E-state index in [0.29, 0.717) is 25.4 Å². The molecule has 1 aliphatic rings. The zero-order valence-electron chi connectivity index (χ0n) is 8.29. The molecule has 0 aliphatic heterocycles. The van der Waals surface area contributed by atoms with Crippen LogP contribution >= 0.6 is 15.9 Å². The van der Waals surface area contributed by atoms with Gasteiger partial charge in [0.15, 0.2) is 0 Å². The summed E-state index contributed by atoms with van der Waals surface area (Å²) in [6.45, 7) is 2.23. The SMILES string of the molecule is CCOC(=O)CC1CCC(=O)C(Br)C1. The van der Waals surface area contributed by atoms with E-state index in [0.717, 1.165) is 12.8 Å². The highest BCUT2D eigenvalue weighted by atomic mass is 79.9. The minimum absolute atomic E-state index is 0.0596. The van der Waals surface area contributed by atoms with Gasteiger partial charge in [-0.25, -0.2) is 0 Å². The fraction of sp³-hybridized carbons (Fsp3) is 0.800. The monoisotopic (exact) mass is 262 g/mol. The van der Waals surface area contributed by atoms with Crippen LogP contribution in [0.25, 0.3) is 0 Å². The Labute approximate surface area is 92.3 Å². The molecule has 80 valence electrons. The zero-order chi connectivity index (χ0) is 10.6. The lowest BCUT2D eigenvalue weighted by atomic mass is 9.86. The maximum atomic E-state index is 11.2. The Bertz CT molecular complexity index is 227. The van der Waals surface area contributed by atoms with E-state index in [1.807, 2.05) is 0 Å². The van der Waals surface area contributed by atoms with E-state index in [2.05, 4.69) is 15.9 Å². The van der Waals surface area contributed by atoms with Gasteiger partial charge in [-0.1, -0.05) is 15.9 Å². The molecule has 0 aromatic carbocycles. The molecular weight excluding hydrogens is 248 g/mol. The number of halogens is 1. The van der Waals surface area contributed by atoms with Crippen molar-refractivity contribution in [2.75, 3.05) is 6.61 Å². The molecule has 0 spiro atoms. The predicted octanol–water partition coefficient (Wildman–Crippen LogP) is 2.07. The Hall–Kier alpha value is -0.380. The van der Waals surface area contributed by atoms with Crippen LogP contribution in [0.4, 0.5) is 0 Å². The summed E-state index contributed by atoms with van der Waals surface area (Å²) in [4.78, 5) is 22.3. The second-order valence-corrected chi connectivity index (χ2v) is 4.69. The number of carbonyl (C=O) groups excluding carboxylic acids is 2. The maximum absolute atomic E-state index is 11.2. The summed E-state index contributed by atoms with van der Waals surface area (Å²) in [7, 11) is 0. The van der Waals surface area contributed by atoms with Gasteiger partial charge in [-0.2, -0.15) is 0 Å². The molecule has 2 unspecified atom stereocenters. The van der Waals surface area contributed by atoms with E-state index < -0.39 is 0 Å². The molecule has 0 N–H and O–H groups in total. The lowest BCUT2D eigenvalue weighted by Gasteiger charge is -2.23. The largest absolute Gasteiger partial charge is 0.466 e. The highest BCUT2D eigenvalue weighted by Crippen LogP contribution is 2.28. The van der Waals surface area contributed by atoms with Gasteiger partial charge in [0.2, 0.25) is 0 Å². The quantitative estimate of drug-likeness (QED) is 0.578. The van der Waals surface area contributed by atoms with Crippen molar-refractivity contribution in [1.82, 2.24) is 0 Å². The number of esters is 1. The number of hydrogen-bond donors (Lipinski definition) is 0. The highest BCUT2D eigenvalue weighted by molar-refractivity contribution is 9.10. The Morgan fingerprint density at radius 2 is 2.36 bits per heavy atom. The van der Waals surface area contributed by atoms with E-state index in [4.69, 9.17) is 4.74 Å². The van der Waals surface area contributed by atoms with E-state index in [1.54, 1.807) is 6.92 Å².